The molecule has 0 aliphatic rings. The standard InChI is InChI=1S/C23H14N2O4S/c26-16-10-11-17-18(12-16)30-21(20(27)14-4-2-1-3-5-14)19(17)13-6-8-15(9-7-13)22-24-25-23(28)29-22/h1-12,26H,(H,25,28). The summed E-state index contributed by atoms with van der Waals surface area (Å²) in [6.45, 7) is 0. The molecule has 5 rings (SSSR count). The second-order valence-corrected chi connectivity index (χ2v) is 7.70. The molecule has 0 saturated carbocycles. The molecule has 5 aromatic rings. The topological polar surface area (TPSA) is 96.5 Å². The zero-order chi connectivity index (χ0) is 20.7. The van der Waals surface area contributed by atoms with Crippen molar-refractivity contribution in [3.8, 4) is 34.4 Å². The highest BCUT2D eigenvalue weighted by atomic mass is 32.1. The molecule has 0 fully saturated rings. The Labute approximate surface area is 174 Å². The summed E-state index contributed by atoms with van der Waals surface area (Å²) in [6, 6.07) is 21.5. The van der Waals surface area contributed by atoms with Crippen molar-refractivity contribution in [1.82, 2.24) is 10.2 Å². The second kappa shape index (κ2) is 7.13. The average Bonchev–Trinajstić information content (AvgIpc) is 3.37. The minimum atomic E-state index is -0.492. The monoisotopic (exact) mass is 414 g/mol. The first-order valence-corrected chi connectivity index (χ1v) is 9.90. The Morgan fingerprint density at radius 2 is 1.60 bits per heavy atom. The van der Waals surface area contributed by atoms with Crippen molar-refractivity contribution < 1.29 is 19.4 Å². The highest BCUT2D eigenvalue weighted by molar-refractivity contribution is 7.21. The van der Waals surface area contributed by atoms with E-state index in [1.54, 1.807) is 36.4 Å². The molecule has 0 aliphatic heterocycles. The first-order chi connectivity index (χ1) is 14.6. The third-order valence-corrected chi connectivity index (χ3v) is 5.90. The molecule has 6 nitrogen and oxygen atoms in total. The van der Waals surface area contributed by atoms with Crippen LogP contribution in [0.15, 0.2) is 77.2 Å². The lowest BCUT2D eigenvalue weighted by molar-refractivity contribution is 0.104. The molecule has 146 valence electrons. The van der Waals surface area contributed by atoms with Gasteiger partial charge in [-0.3, -0.25) is 4.79 Å². The number of phenolic OH excluding ortho intramolecular Hbond substituents is 1. The van der Waals surface area contributed by atoms with Gasteiger partial charge in [-0.15, -0.1) is 16.4 Å². The van der Waals surface area contributed by atoms with Crippen LogP contribution in [0.5, 0.6) is 11.8 Å². The molecular weight excluding hydrogens is 400 g/mol. The van der Waals surface area contributed by atoms with Crippen molar-refractivity contribution in [2.45, 2.75) is 0 Å². The first kappa shape index (κ1) is 18.1. The molecule has 2 aromatic heterocycles. The van der Waals surface area contributed by atoms with Crippen molar-refractivity contribution in [3.63, 3.8) is 0 Å². The third-order valence-electron chi connectivity index (χ3n) is 4.75. The summed E-state index contributed by atoms with van der Waals surface area (Å²) in [5, 5.41) is 27.3. The van der Waals surface area contributed by atoms with Gasteiger partial charge < -0.3 is 14.6 Å². The van der Waals surface area contributed by atoms with Gasteiger partial charge in [0.1, 0.15) is 5.75 Å². The van der Waals surface area contributed by atoms with Gasteiger partial charge >= 0.3 is 6.08 Å². The van der Waals surface area contributed by atoms with Gasteiger partial charge in [0, 0.05) is 26.8 Å². The number of hydrogen-bond donors (Lipinski definition) is 2. The van der Waals surface area contributed by atoms with Crippen LogP contribution in [0.2, 0.25) is 0 Å². The smallest absolute Gasteiger partial charge is 0.412 e. The molecule has 2 N–H and O–H groups in total. The van der Waals surface area contributed by atoms with E-state index in [9.17, 15) is 15.0 Å². The van der Waals surface area contributed by atoms with Crippen LogP contribution in [-0.2, 0) is 0 Å². The minimum absolute atomic E-state index is 0.0720. The normalized spacial score (nSPS) is 11.1. The molecule has 0 aliphatic carbocycles. The minimum Gasteiger partial charge on any atom is -0.508 e. The maximum atomic E-state index is 13.3. The van der Waals surface area contributed by atoms with Crippen molar-refractivity contribution in [1.29, 1.82) is 0 Å². The van der Waals surface area contributed by atoms with E-state index in [0.29, 0.717) is 16.0 Å². The van der Waals surface area contributed by atoms with Gasteiger partial charge in [-0.25, -0.2) is 0 Å². The number of phenols is 1. The summed E-state index contributed by atoms with van der Waals surface area (Å²) in [7, 11) is 0. The summed E-state index contributed by atoms with van der Waals surface area (Å²) in [5.41, 5.74) is 2.91. The fourth-order valence-electron chi connectivity index (χ4n) is 3.36. The van der Waals surface area contributed by atoms with Crippen LogP contribution in [-0.4, -0.2) is 26.2 Å². The molecule has 0 amide bonds. The van der Waals surface area contributed by atoms with Gasteiger partial charge in [0.2, 0.25) is 5.78 Å². The lowest BCUT2D eigenvalue weighted by Crippen LogP contribution is -2.00. The van der Waals surface area contributed by atoms with Gasteiger partial charge in [-0.1, -0.05) is 47.6 Å². The number of thiophene rings is 1. The maximum Gasteiger partial charge on any atom is 0.412 e. The Morgan fingerprint density at radius 1 is 0.867 bits per heavy atom. The largest absolute Gasteiger partial charge is 0.508 e. The van der Waals surface area contributed by atoms with Gasteiger partial charge in [-0.05, 0) is 35.9 Å². The zero-order valence-corrected chi connectivity index (χ0v) is 16.3. The quantitative estimate of drug-likeness (QED) is 0.389. The van der Waals surface area contributed by atoms with Crippen LogP contribution < -0.4 is 0 Å². The van der Waals surface area contributed by atoms with Crippen molar-refractivity contribution in [2.75, 3.05) is 0 Å². The van der Waals surface area contributed by atoms with Crippen LogP contribution in [0.4, 0.5) is 0 Å². The van der Waals surface area contributed by atoms with E-state index in [1.807, 2.05) is 36.4 Å². The molecule has 2 heterocycles. The average molecular weight is 414 g/mol. The second-order valence-electron chi connectivity index (χ2n) is 6.65. The van der Waals surface area contributed by atoms with Crippen LogP contribution in [0.3, 0.4) is 0 Å². The number of aromatic hydroxyl groups is 2. The number of aromatic nitrogens is 2. The van der Waals surface area contributed by atoms with Crippen molar-refractivity contribution >= 4 is 27.2 Å². The summed E-state index contributed by atoms with van der Waals surface area (Å²) in [5.74, 6) is 0.289. The maximum absolute atomic E-state index is 13.3. The zero-order valence-electron chi connectivity index (χ0n) is 15.4. The molecule has 30 heavy (non-hydrogen) atoms. The fraction of sp³-hybridized carbons (Fsp3) is 0. The van der Waals surface area contributed by atoms with E-state index >= 15 is 0 Å². The number of hydrogen-bond acceptors (Lipinski definition) is 7. The predicted molar refractivity (Wildman–Crippen MR) is 114 cm³/mol. The number of carbonyl (C=O) groups excluding carboxylic acids is 1. The Balaban J connectivity index is 1.66. The highest BCUT2D eigenvalue weighted by Crippen LogP contribution is 2.41. The molecule has 0 atom stereocenters. The van der Waals surface area contributed by atoms with Gasteiger partial charge in [0.25, 0.3) is 5.89 Å². The number of benzene rings is 3. The fourth-order valence-corrected chi connectivity index (χ4v) is 4.58. The van der Waals surface area contributed by atoms with Crippen LogP contribution in [0, 0.1) is 0 Å². The number of ketones is 1. The first-order valence-electron chi connectivity index (χ1n) is 9.09. The summed E-state index contributed by atoms with van der Waals surface area (Å²) in [4.78, 5) is 13.9. The molecular formula is C23H14N2O4S. The van der Waals surface area contributed by atoms with E-state index in [4.69, 9.17) is 4.42 Å². The van der Waals surface area contributed by atoms with Crippen LogP contribution in [0.25, 0.3) is 32.7 Å². The lowest BCUT2D eigenvalue weighted by atomic mass is 9.97. The summed E-state index contributed by atoms with van der Waals surface area (Å²) < 4.78 is 5.89. The van der Waals surface area contributed by atoms with Crippen LogP contribution >= 0.6 is 11.3 Å². The molecule has 0 saturated heterocycles. The lowest BCUT2D eigenvalue weighted by Gasteiger charge is -2.06. The van der Waals surface area contributed by atoms with E-state index in [2.05, 4.69) is 10.2 Å². The molecule has 7 heteroatoms. The Morgan fingerprint density at radius 3 is 2.30 bits per heavy atom. The molecule has 0 spiro atoms. The van der Waals surface area contributed by atoms with Gasteiger partial charge in [-0.2, -0.15) is 0 Å². The summed E-state index contributed by atoms with van der Waals surface area (Å²) in [6.07, 6.45) is -0.492. The van der Waals surface area contributed by atoms with E-state index in [1.165, 1.54) is 11.3 Å². The van der Waals surface area contributed by atoms with Crippen LogP contribution in [0.1, 0.15) is 15.2 Å². The van der Waals surface area contributed by atoms with Crippen molar-refractivity contribution in [3.05, 3.63) is 83.2 Å². The molecule has 0 bridgehead atoms. The van der Waals surface area contributed by atoms with E-state index < -0.39 is 6.08 Å². The van der Waals surface area contributed by atoms with Gasteiger partial charge in [0.05, 0.1) is 4.88 Å². The third kappa shape index (κ3) is 3.11. The molecule has 3 aromatic carbocycles. The molecule has 0 unspecified atom stereocenters. The Kier molecular flexibility index (Phi) is 4.30. The number of rotatable bonds is 4. The molecule has 0 radical (unpaired) electrons. The van der Waals surface area contributed by atoms with Crippen molar-refractivity contribution in [2.24, 2.45) is 0 Å². The van der Waals surface area contributed by atoms with Gasteiger partial charge in [0.15, 0.2) is 0 Å². The Hall–Kier alpha value is -3.97. The van der Waals surface area contributed by atoms with E-state index in [0.717, 1.165) is 21.2 Å². The number of fused-ring (bicyclic) bond motifs is 1. The highest BCUT2D eigenvalue weighted by Gasteiger charge is 2.21. The Bertz CT molecular complexity index is 1370. The summed E-state index contributed by atoms with van der Waals surface area (Å²) >= 11 is 1.36. The number of carbonyl (C=O) groups is 1. The SMILES string of the molecule is O=C(c1ccccc1)c1sc2cc(O)ccc2c1-c1ccc(-c2nnc(O)o2)cc1. The number of nitrogens with zero attached hydrogens (tertiary/aromatic N) is 2. The van der Waals surface area contributed by atoms with E-state index in [-0.39, 0.29) is 17.4 Å². The predicted octanol–water partition coefficient (Wildman–Crippen LogP) is 5.26.